The molecule has 5 heteroatoms. The lowest BCUT2D eigenvalue weighted by molar-refractivity contribution is -0.121. The van der Waals surface area contributed by atoms with Crippen molar-refractivity contribution in [3.63, 3.8) is 0 Å². The fraction of sp³-hybridized carbons (Fsp3) is 0.625. The summed E-state index contributed by atoms with van der Waals surface area (Å²) in [6.45, 7) is 4.35. The number of ether oxygens (including phenoxy) is 2. The SMILES string of the molecule is C=CCCCOc1ccc(OCC2CCC(C3CCC(=O)CC3)CC2)c(F)c1F. The Labute approximate surface area is 172 Å². The van der Waals surface area contributed by atoms with Crippen LogP contribution >= 0.6 is 0 Å². The zero-order valence-corrected chi connectivity index (χ0v) is 17.1. The van der Waals surface area contributed by atoms with E-state index in [-0.39, 0.29) is 11.5 Å². The van der Waals surface area contributed by atoms with Crippen molar-refractivity contribution in [3.05, 3.63) is 36.4 Å². The predicted molar refractivity (Wildman–Crippen MR) is 109 cm³/mol. The molecule has 2 saturated carbocycles. The third-order valence-electron chi connectivity index (χ3n) is 6.44. The summed E-state index contributed by atoms with van der Waals surface area (Å²) < 4.78 is 39.4. The van der Waals surface area contributed by atoms with Gasteiger partial charge >= 0.3 is 0 Å². The molecule has 0 bridgehead atoms. The first-order valence-corrected chi connectivity index (χ1v) is 10.9. The molecule has 0 N–H and O–H groups in total. The van der Waals surface area contributed by atoms with Crippen LogP contribution in [0.4, 0.5) is 8.78 Å². The van der Waals surface area contributed by atoms with Crippen molar-refractivity contribution in [2.24, 2.45) is 17.8 Å². The maximum absolute atomic E-state index is 14.3. The first kappa shape index (κ1) is 21.8. The van der Waals surface area contributed by atoms with E-state index in [1.807, 2.05) is 0 Å². The van der Waals surface area contributed by atoms with E-state index in [1.165, 1.54) is 12.1 Å². The van der Waals surface area contributed by atoms with Gasteiger partial charge in [0.05, 0.1) is 13.2 Å². The van der Waals surface area contributed by atoms with Crippen LogP contribution in [0.2, 0.25) is 0 Å². The van der Waals surface area contributed by atoms with E-state index < -0.39 is 11.6 Å². The molecule has 0 aliphatic heterocycles. The number of allylic oxidation sites excluding steroid dienone is 1. The summed E-state index contributed by atoms with van der Waals surface area (Å²) in [7, 11) is 0. The minimum absolute atomic E-state index is 0.0474. The minimum atomic E-state index is -0.989. The molecule has 2 aliphatic carbocycles. The molecule has 0 radical (unpaired) electrons. The number of carbonyl (C=O) groups excluding carboxylic acids is 1. The van der Waals surface area contributed by atoms with Crippen molar-refractivity contribution < 1.29 is 23.0 Å². The Morgan fingerprint density at radius 2 is 1.52 bits per heavy atom. The van der Waals surface area contributed by atoms with Crippen LogP contribution < -0.4 is 9.47 Å². The fourth-order valence-corrected chi connectivity index (χ4v) is 4.61. The predicted octanol–water partition coefficient (Wildman–Crippen LogP) is 6.25. The fourth-order valence-electron chi connectivity index (χ4n) is 4.61. The Hall–Kier alpha value is -1.91. The quantitative estimate of drug-likeness (QED) is 0.359. The molecule has 0 amide bonds. The maximum atomic E-state index is 14.3. The molecule has 0 heterocycles. The summed E-state index contributed by atoms with van der Waals surface area (Å²) in [6.07, 6.45) is 11.2. The number of Topliss-reactive ketones (excluding diaryl/α,β-unsaturated/α-hetero) is 1. The number of hydrogen-bond donors (Lipinski definition) is 0. The number of rotatable bonds is 9. The van der Waals surface area contributed by atoms with Crippen LogP contribution in [-0.2, 0) is 4.79 Å². The van der Waals surface area contributed by atoms with Crippen molar-refractivity contribution in [3.8, 4) is 11.5 Å². The van der Waals surface area contributed by atoms with Crippen LogP contribution in [0, 0.1) is 29.4 Å². The molecule has 0 unspecified atom stereocenters. The zero-order chi connectivity index (χ0) is 20.6. The van der Waals surface area contributed by atoms with Crippen molar-refractivity contribution in [2.75, 3.05) is 13.2 Å². The lowest BCUT2D eigenvalue weighted by Crippen LogP contribution is -2.27. The summed E-state index contributed by atoms with van der Waals surface area (Å²) >= 11 is 0. The van der Waals surface area contributed by atoms with Gasteiger partial charge in [-0.2, -0.15) is 8.78 Å². The van der Waals surface area contributed by atoms with Crippen LogP contribution in [-0.4, -0.2) is 19.0 Å². The van der Waals surface area contributed by atoms with Gasteiger partial charge in [-0.3, -0.25) is 4.79 Å². The Morgan fingerprint density at radius 3 is 2.14 bits per heavy atom. The lowest BCUT2D eigenvalue weighted by Gasteiger charge is -2.35. The summed E-state index contributed by atoms with van der Waals surface area (Å²) in [5, 5.41) is 0. The summed E-state index contributed by atoms with van der Waals surface area (Å²) in [6, 6.07) is 2.88. The van der Waals surface area contributed by atoms with E-state index >= 15 is 0 Å². The number of benzene rings is 1. The van der Waals surface area contributed by atoms with Crippen LogP contribution in [0.3, 0.4) is 0 Å². The number of hydrogen-bond acceptors (Lipinski definition) is 3. The molecule has 2 fully saturated rings. The molecule has 2 aliphatic rings. The third-order valence-corrected chi connectivity index (χ3v) is 6.44. The molecule has 0 spiro atoms. The second-order valence-corrected chi connectivity index (χ2v) is 8.44. The Morgan fingerprint density at radius 1 is 0.931 bits per heavy atom. The Balaban J connectivity index is 1.44. The lowest BCUT2D eigenvalue weighted by atomic mass is 9.71. The topological polar surface area (TPSA) is 35.5 Å². The second kappa shape index (κ2) is 10.7. The first-order chi connectivity index (χ1) is 14.1. The molecule has 160 valence electrons. The highest BCUT2D eigenvalue weighted by molar-refractivity contribution is 5.79. The highest BCUT2D eigenvalue weighted by atomic mass is 19.2. The van der Waals surface area contributed by atoms with E-state index in [0.29, 0.717) is 43.2 Å². The van der Waals surface area contributed by atoms with Gasteiger partial charge in [-0.1, -0.05) is 6.08 Å². The van der Waals surface area contributed by atoms with Gasteiger partial charge in [0.15, 0.2) is 11.5 Å². The van der Waals surface area contributed by atoms with Gasteiger partial charge in [0.2, 0.25) is 11.6 Å². The number of ketones is 1. The van der Waals surface area contributed by atoms with Gasteiger partial charge in [0, 0.05) is 12.8 Å². The van der Waals surface area contributed by atoms with Crippen molar-refractivity contribution in [1.29, 1.82) is 0 Å². The molecule has 1 aromatic rings. The summed E-state index contributed by atoms with van der Waals surface area (Å²) in [5.41, 5.74) is 0. The molecular weight excluding hydrogens is 374 g/mol. The number of carbonyl (C=O) groups is 1. The van der Waals surface area contributed by atoms with E-state index in [4.69, 9.17) is 9.47 Å². The average molecular weight is 407 g/mol. The minimum Gasteiger partial charge on any atom is -0.490 e. The normalized spacial score (nSPS) is 23.0. The zero-order valence-electron chi connectivity index (χ0n) is 17.1. The monoisotopic (exact) mass is 406 g/mol. The van der Waals surface area contributed by atoms with Crippen molar-refractivity contribution in [2.45, 2.75) is 64.2 Å². The molecule has 3 rings (SSSR count). The van der Waals surface area contributed by atoms with Gasteiger partial charge < -0.3 is 9.47 Å². The first-order valence-electron chi connectivity index (χ1n) is 10.9. The van der Waals surface area contributed by atoms with Crippen LogP contribution in [0.1, 0.15) is 64.2 Å². The smallest absolute Gasteiger partial charge is 0.204 e. The standard InChI is InChI=1S/C24H32F2O3/c1-2-3-4-15-28-21-13-14-22(24(26)23(21)25)29-16-17-5-7-18(8-6-17)19-9-11-20(27)12-10-19/h2,13-14,17-19H,1,3-12,15-16H2. The Bertz CT molecular complexity index is 686. The van der Waals surface area contributed by atoms with Crippen LogP contribution in [0.5, 0.6) is 11.5 Å². The van der Waals surface area contributed by atoms with E-state index in [9.17, 15) is 13.6 Å². The summed E-state index contributed by atoms with van der Waals surface area (Å²) in [4.78, 5) is 11.4. The molecule has 0 saturated heterocycles. The van der Waals surface area contributed by atoms with Gasteiger partial charge in [-0.05, 0) is 81.3 Å². The van der Waals surface area contributed by atoms with Gasteiger partial charge in [-0.25, -0.2) is 0 Å². The molecule has 0 aromatic heterocycles. The second-order valence-electron chi connectivity index (χ2n) is 8.44. The van der Waals surface area contributed by atoms with Gasteiger partial charge in [-0.15, -0.1) is 6.58 Å². The molecule has 0 atom stereocenters. The van der Waals surface area contributed by atoms with Crippen LogP contribution in [0.25, 0.3) is 0 Å². The maximum Gasteiger partial charge on any atom is 0.204 e. The van der Waals surface area contributed by atoms with Crippen molar-refractivity contribution >= 4 is 5.78 Å². The van der Waals surface area contributed by atoms with E-state index in [2.05, 4.69) is 6.58 Å². The third kappa shape index (κ3) is 6.03. The highest BCUT2D eigenvalue weighted by Crippen LogP contribution is 2.39. The number of halogens is 2. The van der Waals surface area contributed by atoms with Crippen LogP contribution in [0.15, 0.2) is 24.8 Å². The average Bonchev–Trinajstić information content (AvgIpc) is 2.74. The van der Waals surface area contributed by atoms with E-state index in [0.717, 1.165) is 57.8 Å². The molecule has 3 nitrogen and oxygen atoms in total. The van der Waals surface area contributed by atoms with E-state index in [1.54, 1.807) is 6.08 Å². The largest absolute Gasteiger partial charge is 0.490 e. The molecule has 1 aromatic carbocycles. The van der Waals surface area contributed by atoms with Gasteiger partial charge in [0.25, 0.3) is 0 Å². The summed E-state index contributed by atoms with van der Waals surface area (Å²) in [5.74, 6) is 0.0633. The highest BCUT2D eigenvalue weighted by Gasteiger charge is 2.30. The molecular formula is C24H32F2O3. The Kier molecular flexibility index (Phi) is 8.08. The van der Waals surface area contributed by atoms with Crippen molar-refractivity contribution in [1.82, 2.24) is 0 Å². The number of unbranched alkanes of at least 4 members (excludes halogenated alkanes) is 1. The molecule has 29 heavy (non-hydrogen) atoms. The van der Waals surface area contributed by atoms with Gasteiger partial charge in [0.1, 0.15) is 5.78 Å².